The van der Waals surface area contributed by atoms with Crippen molar-refractivity contribution in [2.24, 2.45) is 0 Å². The molecule has 3 rings (SSSR count). The molecule has 0 aliphatic heterocycles. The highest BCUT2D eigenvalue weighted by molar-refractivity contribution is 5.65. The molecule has 1 aliphatic rings. The SMILES string of the molecule is c1cc2cc(c1)-c1cccc(c1)CC2. The third-order valence-electron chi connectivity index (χ3n) is 2.89. The van der Waals surface area contributed by atoms with Crippen LogP contribution in [0, 0.1) is 0 Å². The van der Waals surface area contributed by atoms with Gasteiger partial charge in [0.25, 0.3) is 0 Å². The Labute approximate surface area is 84.2 Å². The molecule has 4 bridgehead atoms. The minimum Gasteiger partial charge on any atom is -0.0614 e. The largest absolute Gasteiger partial charge is 0.0614 e. The molecule has 0 heterocycles. The predicted octanol–water partition coefficient (Wildman–Crippen LogP) is 3.45. The van der Waals surface area contributed by atoms with Gasteiger partial charge >= 0.3 is 0 Å². The van der Waals surface area contributed by atoms with E-state index in [1.165, 1.54) is 22.3 Å². The molecule has 2 aromatic carbocycles. The quantitative estimate of drug-likeness (QED) is 0.582. The molecule has 0 atom stereocenters. The summed E-state index contributed by atoms with van der Waals surface area (Å²) in [6.07, 6.45) is 2.33. The van der Waals surface area contributed by atoms with Gasteiger partial charge < -0.3 is 0 Å². The molecule has 2 aromatic rings. The Balaban J connectivity index is 2.27. The van der Waals surface area contributed by atoms with E-state index in [2.05, 4.69) is 48.5 Å². The number of rotatable bonds is 0. The predicted molar refractivity (Wildman–Crippen MR) is 59.3 cm³/mol. The van der Waals surface area contributed by atoms with Gasteiger partial charge in [0.15, 0.2) is 0 Å². The lowest BCUT2D eigenvalue weighted by molar-refractivity contribution is 0.956. The van der Waals surface area contributed by atoms with Crippen molar-refractivity contribution in [1.82, 2.24) is 0 Å². The fourth-order valence-electron chi connectivity index (χ4n) is 2.10. The van der Waals surface area contributed by atoms with Crippen molar-refractivity contribution >= 4 is 0 Å². The fourth-order valence-corrected chi connectivity index (χ4v) is 2.10. The topological polar surface area (TPSA) is 0 Å². The second-order valence-corrected chi connectivity index (χ2v) is 3.90. The Kier molecular flexibility index (Phi) is 1.66. The lowest BCUT2D eigenvalue weighted by Gasteiger charge is -2.11. The van der Waals surface area contributed by atoms with E-state index < -0.39 is 0 Å². The van der Waals surface area contributed by atoms with E-state index in [0.717, 1.165) is 12.8 Å². The Morgan fingerprint density at radius 3 is 1.64 bits per heavy atom. The second-order valence-electron chi connectivity index (χ2n) is 3.90. The summed E-state index contributed by atoms with van der Waals surface area (Å²) < 4.78 is 0. The monoisotopic (exact) mass is 180 g/mol. The van der Waals surface area contributed by atoms with E-state index >= 15 is 0 Å². The molecule has 1 aliphatic carbocycles. The van der Waals surface area contributed by atoms with Gasteiger partial charge in [-0.3, -0.25) is 0 Å². The molecular formula is C14H12. The maximum atomic E-state index is 2.30. The minimum absolute atomic E-state index is 1.16. The van der Waals surface area contributed by atoms with Crippen molar-refractivity contribution < 1.29 is 0 Å². The van der Waals surface area contributed by atoms with Crippen LogP contribution in [0.1, 0.15) is 11.1 Å². The molecule has 0 unspecified atom stereocenters. The average molecular weight is 180 g/mol. The van der Waals surface area contributed by atoms with E-state index in [4.69, 9.17) is 0 Å². The maximum absolute atomic E-state index is 2.30. The Bertz CT molecular complexity index is 423. The molecule has 0 fully saturated rings. The van der Waals surface area contributed by atoms with Gasteiger partial charge in [-0.1, -0.05) is 48.5 Å². The highest BCUT2D eigenvalue weighted by Crippen LogP contribution is 2.25. The molecule has 0 heteroatoms. The van der Waals surface area contributed by atoms with Crippen LogP contribution in [-0.2, 0) is 12.8 Å². The zero-order valence-electron chi connectivity index (χ0n) is 8.03. The number of aryl methyl sites for hydroxylation is 2. The van der Waals surface area contributed by atoms with Crippen LogP contribution in [0.25, 0.3) is 11.1 Å². The van der Waals surface area contributed by atoms with Crippen LogP contribution in [-0.4, -0.2) is 0 Å². The Morgan fingerprint density at radius 1 is 0.643 bits per heavy atom. The molecule has 68 valence electrons. The maximum Gasteiger partial charge on any atom is -0.0181 e. The van der Waals surface area contributed by atoms with Crippen molar-refractivity contribution in [1.29, 1.82) is 0 Å². The summed E-state index contributed by atoms with van der Waals surface area (Å²) in [5.74, 6) is 0. The first-order valence-corrected chi connectivity index (χ1v) is 5.10. The van der Waals surface area contributed by atoms with Gasteiger partial charge in [0.05, 0.1) is 0 Å². The molecule has 0 saturated carbocycles. The molecule has 0 N–H and O–H groups in total. The van der Waals surface area contributed by atoms with Crippen LogP contribution in [0.3, 0.4) is 0 Å². The zero-order chi connectivity index (χ0) is 9.38. The van der Waals surface area contributed by atoms with Crippen LogP contribution in [0.4, 0.5) is 0 Å². The molecular weight excluding hydrogens is 168 g/mol. The molecule has 0 aromatic heterocycles. The van der Waals surface area contributed by atoms with Gasteiger partial charge in [0, 0.05) is 0 Å². The van der Waals surface area contributed by atoms with E-state index in [1.807, 2.05) is 0 Å². The summed E-state index contributed by atoms with van der Waals surface area (Å²) in [4.78, 5) is 0. The molecule has 14 heavy (non-hydrogen) atoms. The van der Waals surface area contributed by atoms with Crippen LogP contribution < -0.4 is 0 Å². The van der Waals surface area contributed by atoms with Crippen LogP contribution in [0.5, 0.6) is 0 Å². The van der Waals surface area contributed by atoms with Gasteiger partial charge in [-0.2, -0.15) is 0 Å². The number of benzene rings is 2. The van der Waals surface area contributed by atoms with Crippen LogP contribution >= 0.6 is 0 Å². The Hall–Kier alpha value is -1.56. The van der Waals surface area contributed by atoms with E-state index in [0.29, 0.717) is 0 Å². The average Bonchev–Trinajstić information content (AvgIpc) is 2.26. The van der Waals surface area contributed by atoms with E-state index in [1.54, 1.807) is 0 Å². The van der Waals surface area contributed by atoms with Crippen molar-refractivity contribution in [3.8, 4) is 11.1 Å². The number of hydrogen-bond donors (Lipinski definition) is 0. The Morgan fingerprint density at radius 2 is 1.14 bits per heavy atom. The highest BCUT2D eigenvalue weighted by Gasteiger charge is 2.05. The van der Waals surface area contributed by atoms with Gasteiger partial charge in [0.1, 0.15) is 0 Å². The van der Waals surface area contributed by atoms with Crippen LogP contribution in [0.15, 0.2) is 48.5 Å². The molecule has 0 nitrogen and oxygen atoms in total. The highest BCUT2D eigenvalue weighted by atomic mass is 14.1. The summed E-state index contributed by atoms with van der Waals surface area (Å²) in [5.41, 5.74) is 5.61. The molecule has 0 radical (unpaired) electrons. The summed E-state index contributed by atoms with van der Waals surface area (Å²) in [6, 6.07) is 17.7. The summed E-state index contributed by atoms with van der Waals surface area (Å²) in [7, 11) is 0. The molecule has 0 amide bonds. The smallest absolute Gasteiger partial charge is 0.0181 e. The number of fused-ring (bicyclic) bond motifs is 5. The first-order valence-electron chi connectivity index (χ1n) is 5.10. The summed E-state index contributed by atoms with van der Waals surface area (Å²) in [6.45, 7) is 0. The summed E-state index contributed by atoms with van der Waals surface area (Å²) in [5, 5.41) is 0. The van der Waals surface area contributed by atoms with Gasteiger partial charge in [0.2, 0.25) is 0 Å². The third kappa shape index (κ3) is 1.24. The standard InChI is InChI=1S/C14H12/c1-3-11-7-8-12-4-2-6-14(10-12)13(5-1)9-11/h1-6,9-10H,7-8H2. The van der Waals surface area contributed by atoms with Crippen LogP contribution in [0.2, 0.25) is 0 Å². The minimum atomic E-state index is 1.16. The van der Waals surface area contributed by atoms with Gasteiger partial charge in [-0.05, 0) is 35.1 Å². The lowest BCUT2D eigenvalue weighted by Crippen LogP contribution is -1.95. The number of hydrogen-bond acceptors (Lipinski definition) is 0. The van der Waals surface area contributed by atoms with Gasteiger partial charge in [-0.15, -0.1) is 0 Å². The lowest BCUT2D eigenvalue weighted by atomic mass is 9.94. The zero-order valence-corrected chi connectivity index (χ0v) is 8.03. The molecule has 0 saturated heterocycles. The first-order chi connectivity index (χ1) is 6.92. The fraction of sp³-hybridized carbons (Fsp3) is 0.143. The van der Waals surface area contributed by atoms with Crippen molar-refractivity contribution in [2.45, 2.75) is 12.8 Å². The van der Waals surface area contributed by atoms with Crippen molar-refractivity contribution in [3.63, 3.8) is 0 Å². The van der Waals surface area contributed by atoms with Crippen molar-refractivity contribution in [2.75, 3.05) is 0 Å². The van der Waals surface area contributed by atoms with Gasteiger partial charge in [-0.25, -0.2) is 0 Å². The third-order valence-corrected chi connectivity index (χ3v) is 2.89. The first kappa shape index (κ1) is 7.81. The van der Waals surface area contributed by atoms with E-state index in [9.17, 15) is 0 Å². The molecule has 0 spiro atoms. The van der Waals surface area contributed by atoms with Crippen molar-refractivity contribution in [3.05, 3.63) is 59.7 Å². The second kappa shape index (κ2) is 2.98. The summed E-state index contributed by atoms with van der Waals surface area (Å²) >= 11 is 0. The van der Waals surface area contributed by atoms with E-state index in [-0.39, 0.29) is 0 Å². The normalized spacial score (nSPS) is 13.1.